The van der Waals surface area contributed by atoms with Gasteiger partial charge in [0.15, 0.2) is 0 Å². The molecule has 0 spiro atoms. The summed E-state index contributed by atoms with van der Waals surface area (Å²) in [6.45, 7) is 8.10. The lowest BCUT2D eigenvalue weighted by molar-refractivity contribution is -0.139. The molecular weight excluding hydrogens is 316 g/mol. The molecule has 140 valence electrons. The molecular formula is C21H32O4. The van der Waals surface area contributed by atoms with E-state index in [1.165, 1.54) is 5.57 Å². The minimum Gasteiger partial charge on any atom is -0.454 e. The van der Waals surface area contributed by atoms with Crippen LogP contribution in [0.1, 0.15) is 59.8 Å². The van der Waals surface area contributed by atoms with Gasteiger partial charge in [-0.25, -0.2) is 4.79 Å². The van der Waals surface area contributed by atoms with Crippen molar-refractivity contribution in [3.05, 3.63) is 35.5 Å². The van der Waals surface area contributed by atoms with Crippen LogP contribution in [0.2, 0.25) is 0 Å². The van der Waals surface area contributed by atoms with E-state index in [0.717, 1.165) is 19.3 Å². The molecule has 25 heavy (non-hydrogen) atoms. The molecule has 1 N–H and O–H groups in total. The number of aliphatic hydroxyl groups is 1. The molecule has 2 bridgehead atoms. The first-order chi connectivity index (χ1) is 11.7. The lowest BCUT2D eigenvalue weighted by Gasteiger charge is -2.32. The first-order valence-corrected chi connectivity index (χ1v) is 9.23. The number of carbonyl (C=O) groups is 1. The second-order valence-corrected chi connectivity index (χ2v) is 7.92. The Morgan fingerprint density at radius 1 is 1.32 bits per heavy atom. The molecule has 1 aliphatic heterocycles. The van der Waals surface area contributed by atoms with Crippen LogP contribution in [0.15, 0.2) is 35.5 Å². The monoisotopic (exact) mass is 348 g/mol. The van der Waals surface area contributed by atoms with Gasteiger partial charge < -0.3 is 14.6 Å². The van der Waals surface area contributed by atoms with Gasteiger partial charge in [-0.15, -0.1) is 0 Å². The Hall–Kier alpha value is -1.39. The molecule has 0 aromatic rings. The molecule has 0 aromatic heterocycles. The van der Waals surface area contributed by atoms with Gasteiger partial charge in [0.25, 0.3) is 0 Å². The van der Waals surface area contributed by atoms with Crippen LogP contribution < -0.4 is 0 Å². The largest absolute Gasteiger partial charge is 0.454 e. The van der Waals surface area contributed by atoms with Crippen LogP contribution in [0.3, 0.4) is 0 Å². The quantitative estimate of drug-likeness (QED) is 0.603. The van der Waals surface area contributed by atoms with E-state index >= 15 is 0 Å². The summed E-state index contributed by atoms with van der Waals surface area (Å²) in [7, 11) is 1.70. The Kier molecular flexibility index (Phi) is 6.28. The molecule has 0 amide bonds. The zero-order valence-electron chi connectivity index (χ0n) is 16.2. The predicted octanol–water partition coefficient (Wildman–Crippen LogP) is 4.10. The van der Waals surface area contributed by atoms with Gasteiger partial charge in [0.05, 0.1) is 11.2 Å². The molecule has 2 aliphatic rings. The zero-order chi connectivity index (χ0) is 18.7. The van der Waals surface area contributed by atoms with Gasteiger partial charge >= 0.3 is 5.97 Å². The summed E-state index contributed by atoms with van der Waals surface area (Å²) < 4.78 is 11.2. The smallest absolute Gasteiger partial charge is 0.334 e. The average molecular weight is 348 g/mol. The Bertz CT molecular complexity index is 587. The summed E-state index contributed by atoms with van der Waals surface area (Å²) in [5.74, 6) is -0.210. The maximum absolute atomic E-state index is 12.1. The van der Waals surface area contributed by atoms with Crippen LogP contribution in [-0.2, 0) is 14.3 Å². The lowest BCUT2D eigenvalue weighted by Crippen LogP contribution is -2.34. The maximum Gasteiger partial charge on any atom is 0.334 e. The van der Waals surface area contributed by atoms with E-state index in [2.05, 4.69) is 13.0 Å². The molecule has 0 fully saturated rings. The third-order valence-corrected chi connectivity index (χ3v) is 5.55. The van der Waals surface area contributed by atoms with E-state index in [9.17, 15) is 9.90 Å². The number of fused-ring (bicyclic) bond motifs is 1. The molecule has 4 heteroatoms. The second kappa shape index (κ2) is 7.88. The number of allylic oxidation sites excluding steroid dienone is 1. The number of rotatable bonds is 2. The van der Waals surface area contributed by atoms with Crippen molar-refractivity contribution in [2.45, 2.75) is 77.1 Å². The molecule has 0 saturated carbocycles. The number of ether oxygens (including phenoxy) is 2. The normalized spacial score (nSPS) is 37.7. The van der Waals surface area contributed by atoms with Crippen molar-refractivity contribution in [2.75, 3.05) is 7.11 Å². The lowest BCUT2D eigenvalue weighted by atomic mass is 9.82. The van der Waals surface area contributed by atoms with E-state index < -0.39 is 11.2 Å². The highest BCUT2D eigenvalue weighted by Crippen LogP contribution is 2.32. The second-order valence-electron chi connectivity index (χ2n) is 7.92. The summed E-state index contributed by atoms with van der Waals surface area (Å²) in [4.78, 5) is 12.1. The van der Waals surface area contributed by atoms with Gasteiger partial charge in [-0.05, 0) is 51.5 Å². The van der Waals surface area contributed by atoms with E-state index in [-0.39, 0.29) is 18.0 Å². The van der Waals surface area contributed by atoms with Crippen molar-refractivity contribution in [3.63, 3.8) is 0 Å². The number of hydrogen-bond donors (Lipinski definition) is 1. The third kappa shape index (κ3) is 5.05. The zero-order valence-corrected chi connectivity index (χ0v) is 16.2. The van der Waals surface area contributed by atoms with Crippen LogP contribution in [-0.4, -0.2) is 35.5 Å². The minimum absolute atomic E-state index is 0.0359. The third-order valence-electron chi connectivity index (χ3n) is 5.55. The van der Waals surface area contributed by atoms with Gasteiger partial charge in [0.1, 0.15) is 6.10 Å². The molecule has 0 aromatic carbocycles. The number of carbonyl (C=O) groups excluding carboxylic acids is 1. The van der Waals surface area contributed by atoms with Gasteiger partial charge in [-0.1, -0.05) is 37.6 Å². The molecule has 2 rings (SSSR count). The fourth-order valence-electron chi connectivity index (χ4n) is 3.30. The maximum atomic E-state index is 12.1. The molecule has 0 saturated heterocycles. The Balaban J connectivity index is 2.33. The standard InChI is InChI=1S/C21H32O4/c1-15(2)21(23)10-8-17-14-18(25-19(17)22)13-16(3)7-6-9-20(4,24-5)11-12-21/h7,11-12,14-15,18,23H,6,8-10,13H2,1-5H3/b12-11-,16-7-/t18-,20-,21-/m1/s1. The highest BCUT2D eigenvalue weighted by Gasteiger charge is 2.33. The summed E-state index contributed by atoms with van der Waals surface area (Å²) in [5.41, 5.74) is 0.494. The van der Waals surface area contributed by atoms with Crippen molar-refractivity contribution in [1.82, 2.24) is 0 Å². The SMILES string of the molecule is CO[C@@]1(C)/C=C\[C@@](O)(C(C)C)CCC2=C[C@@H](C/C(C)=C\CC1)OC2=O. The van der Waals surface area contributed by atoms with E-state index in [4.69, 9.17) is 9.47 Å². The molecule has 4 nitrogen and oxygen atoms in total. The summed E-state index contributed by atoms with van der Waals surface area (Å²) in [6, 6.07) is 0. The van der Waals surface area contributed by atoms with Gasteiger partial charge in [-0.2, -0.15) is 0 Å². The summed E-state index contributed by atoms with van der Waals surface area (Å²) >= 11 is 0. The molecule has 0 radical (unpaired) electrons. The van der Waals surface area contributed by atoms with Crippen LogP contribution in [0.4, 0.5) is 0 Å². The first-order valence-electron chi connectivity index (χ1n) is 9.23. The van der Waals surface area contributed by atoms with E-state index in [0.29, 0.717) is 18.4 Å². The number of esters is 1. The van der Waals surface area contributed by atoms with Gasteiger partial charge in [-0.3, -0.25) is 0 Å². The van der Waals surface area contributed by atoms with Gasteiger partial charge in [0, 0.05) is 19.1 Å². The molecule has 0 unspecified atom stereocenters. The Morgan fingerprint density at radius 3 is 2.68 bits per heavy atom. The Labute approximate surface area is 151 Å². The fourth-order valence-corrected chi connectivity index (χ4v) is 3.30. The Morgan fingerprint density at radius 2 is 2.04 bits per heavy atom. The fraction of sp³-hybridized carbons (Fsp3) is 0.667. The van der Waals surface area contributed by atoms with Crippen LogP contribution in [0, 0.1) is 5.92 Å². The van der Waals surface area contributed by atoms with Crippen molar-refractivity contribution < 1.29 is 19.4 Å². The molecule has 3 atom stereocenters. The van der Waals surface area contributed by atoms with E-state index in [1.54, 1.807) is 7.11 Å². The van der Waals surface area contributed by atoms with E-state index in [1.807, 2.05) is 39.0 Å². The van der Waals surface area contributed by atoms with Crippen LogP contribution in [0.25, 0.3) is 0 Å². The minimum atomic E-state index is -0.977. The molecule has 1 aliphatic carbocycles. The summed E-state index contributed by atoms with van der Waals surface area (Å²) in [6.07, 6.45) is 11.2. The van der Waals surface area contributed by atoms with Crippen LogP contribution >= 0.6 is 0 Å². The van der Waals surface area contributed by atoms with Crippen molar-refractivity contribution in [3.8, 4) is 0 Å². The first kappa shape index (κ1) is 19.9. The molecule has 1 heterocycles. The van der Waals surface area contributed by atoms with Crippen molar-refractivity contribution >= 4 is 5.97 Å². The van der Waals surface area contributed by atoms with Crippen LogP contribution in [0.5, 0.6) is 0 Å². The van der Waals surface area contributed by atoms with Crippen molar-refractivity contribution in [2.24, 2.45) is 5.92 Å². The number of hydrogen-bond acceptors (Lipinski definition) is 4. The average Bonchev–Trinajstić information content (AvgIpc) is 2.89. The summed E-state index contributed by atoms with van der Waals surface area (Å²) in [5, 5.41) is 11.1. The predicted molar refractivity (Wildman–Crippen MR) is 99.1 cm³/mol. The van der Waals surface area contributed by atoms with Gasteiger partial charge in [0.2, 0.25) is 0 Å². The van der Waals surface area contributed by atoms with Crippen molar-refractivity contribution in [1.29, 1.82) is 0 Å². The highest BCUT2D eigenvalue weighted by molar-refractivity contribution is 5.90. The highest BCUT2D eigenvalue weighted by atomic mass is 16.5. The topological polar surface area (TPSA) is 55.8 Å². The number of methoxy groups -OCH3 is 1.